The van der Waals surface area contributed by atoms with Crippen LogP contribution in [0.1, 0.15) is 251 Å². The Hall–Kier alpha value is -1.59. The number of carbonyl (C=O) groups is 1. The first-order valence-corrected chi connectivity index (χ1v) is 27.2. The Morgan fingerprint density at radius 1 is 0.516 bits per heavy atom. The fourth-order valence-corrected chi connectivity index (χ4v) is 8.59. The van der Waals surface area contributed by atoms with Crippen molar-refractivity contribution in [2.45, 2.75) is 294 Å². The van der Waals surface area contributed by atoms with E-state index < -0.39 is 49.5 Å². The molecule has 0 aromatic carbocycles. The highest BCUT2D eigenvalue weighted by atomic mass is 16.7. The van der Waals surface area contributed by atoms with Crippen molar-refractivity contribution in [2.24, 2.45) is 0 Å². The van der Waals surface area contributed by atoms with E-state index in [9.17, 15) is 30.3 Å². The third-order valence-corrected chi connectivity index (χ3v) is 12.9. The molecule has 1 rings (SSSR count). The summed E-state index contributed by atoms with van der Waals surface area (Å²) >= 11 is 0. The van der Waals surface area contributed by atoms with E-state index in [1.807, 2.05) is 6.08 Å². The second-order valence-electron chi connectivity index (χ2n) is 19.0. The van der Waals surface area contributed by atoms with Gasteiger partial charge in [0.25, 0.3) is 0 Å². The van der Waals surface area contributed by atoms with Crippen molar-refractivity contribution in [1.82, 2.24) is 5.32 Å². The fourth-order valence-electron chi connectivity index (χ4n) is 8.59. The van der Waals surface area contributed by atoms with Crippen LogP contribution in [-0.2, 0) is 14.3 Å². The number of carbonyl (C=O) groups excluding carboxylic acids is 1. The quantitative estimate of drug-likeness (QED) is 0.0261. The van der Waals surface area contributed by atoms with Crippen LogP contribution in [0.25, 0.3) is 0 Å². The maximum absolute atomic E-state index is 12.9. The molecule has 1 heterocycles. The molecule has 0 bridgehead atoms. The van der Waals surface area contributed by atoms with Crippen molar-refractivity contribution in [3.63, 3.8) is 0 Å². The summed E-state index contributed by atoms with van der Waals surface area (Å²) in [7, 11) is 0. The summed E-state index contributed by atoms with van der Waals surface area (Å²) in [5.74, 6) is -0.198. The molecule has 0 aromatic rings. The zero-order valence-corrected chi connectivity index (χ0v) is 41.5. The zero-order valence-electron chi connectivity index (χ0n) is 41.5. The van der Waals surface area contributed by atoms with Crippen LogP contribution in [0, 0.1) is 0 Å². The third kappa shape index (κ3) is 34.7. The van der Waals surface area contributed by atoms with Gasteiger partial charge >= 0.3 is 0 Å². The smallest absolute Gasteiger partial charge is 0.220 e. The molecule has 1 aliphatic heterocycles. The number of hydrogen-bond acceptors (Lipinski definition) is 8. The summed E-state index contributed by atoms with van der Waals surface area (Å²) in [6.45, 7) is 3.70. The van der Waals surface area contributed by atoms with E-state index in [2.05, 4.69) is 43.5 Å². The minimum Gasteiger partial charge on any atom is -0.394 e. The molecule has 64 heavy (non-hydrogen) atoms. The number of amides is 1. The molecule has 0 aliphatic carbocycles. The molecule has 0 saturated carbocycles. The molecule has 7 unspecified atom stereocenters. The van der Waals surface area contributed by atoms with Gasteiger partial charge in [0.05, 0.1) is 25.4 Å². The first-order chi connectivity index (χ1) is 31.3. The predicted octanol–water partition coefficient (Wildman–Crippen LogP) is 12.8. The van der Waals surface area contributed by atoms with Crippen molar-refractivity contribution < 1.29 is 39.8 Å². The van der Waals surface area contributed by atoms with Gasteiger partial charge in [0.15, 0.2) is 6.29 Å². The summed E-state index contributed by atoms with van der Waals surface area (Å²) in [6, 6.07) is -0.824. The first kappa shape index (κ1) is 60.4. The van der Waals surface area contributed by atoms with Gasteiger partial charge < -0.3 is 40.3 Å². The predicted molar refractivity (Wildman–Crippen MR) is 267 cm³/mol. The van der Waals surface area contributed by atoms with Crippen molar-refractivity contribution in [3.05, 3.63) is 36.5 Å². The van der Waals surface area contributed by atoms with E-state index in [1.54, 1.807) is 6.08 Å². The Morgan fingerprint density at radius 3 is 1.38 bits per heavy atom. The van der Waals surface area contributed by atoms with Gasteiger partial charge in [-0.2, -0.15) is 0 Å². The molecule has 1 aliphatic rings. The van der Waals surface area contributed by atoms with E-state index in [-0.39, 0.29) is 12.5 Å². The lowest BCUT2D eigenvalue weighted by molar-refractivity contribution is -0.302. The van der Waals surface area contributed by atoms with Crippen LogP contribution in [0.5, 0.6) is 0 Å². The number of allylic oxidation sites excluding steroid dienone is 5. The lowest BCUT2D eigenvalue weighted by Gasteiger charge is -2.40. The van der Waals surface area contributed by atoms with Crippen molar-refractivity contribution in [2.75, 3.05) is 13.2 Å². The first-order valence-electron chi connectivity index (χ1n) is 27.2. The van der Waals surface area contributed by atoms with Gasteiger partial charge in [-0.3, -0.25) is 4.79 Å². The molecular formula is C55H103NO8. The van der Waals surface area contributed by atoms with Gasteiger partial charge in [-0.05, 0) is 51.4 Å². The van der Waals surface area contributed by atoms with Gasteiger partial charge in [-0.1, -0.05) is 230 Å². The van der Waals surface area contributed by atoms with Crippen molar-refractivity contribution in [1.29, 1.82) is 0 Å². The van der Waals surface area contributed by atoms with Crippen molar-refractivity contribution >= 4 is 5.91 Å². The van der Waals surface area contributed by atoms with Gasteiger partial charge in [0, 0.05) is 6.42 Å². The second-order valence-corrected chi connectivity index (χ2v) is 19.0. The Labute approximate surface area is 393 Å². The summed E-state index contributed by atoms with van der Waals surface area (Å²) in [5, 5.41) is 54.2. The van der Waals surface area contributed by atoms with E-state index >= 15 is 0 Å². The largest absolute Gasteiger partial charge is 0.394 e. The highest BCUT2D eigenvalue weighted by Crippen LogP contribution is 2.23. The summed E-state index contributed by atoms with van der Waals surface area (Å²) in [5.41, 5.74) is 0. The van der Waals surface area contributed by atoms with Crippen LogP contribution in [0.3, 0.4) is 0 Å². The van der Waals surface area contributed by atoms with Crippen LogP contribution in [0.15, 0.2) is 36.5 Å². The SMILES string of the molecule is CCC/C=C\CCCCCCCC(=O)NC(COC1OC(CO)C(O)C(O)C1O)C(O)/C=C/CC/C=C/CCCCCCCCCCCCCCCCCCCCCCCCCCC. The number of ether oxygens (including phenoxy) is 2. The summed E-state index contributed by atoms with van der Waals surface area (Å²) in [6.07, 6.45) is 51.0. The lowest BCUT2D eigenvalue weighted by Crippen LogP contribution is -2.60. The molecule has 9 heteroatoms. The Morgan fingerprint density at radius 2 is 0.922 bits per heavy atom. The number of aliphatic hydroxyl groups excluding tert-OH is 5. The molecule has 0 aromatic heterocycles. The van der Waals surface area contributed by atoms with E-state index in [0.717, 1.165) is 64.2 Å². The van der Waals surface area contributed by atoms with E-state index in [4.69, 9.17) is 9.47 Å². The number of rotatable bonds is 46. The Kier molecular flexibility index (Phi) is 42.7. The number of unbranched alkanes of at least 4 members (excludes halogenated alkanes) is 32. The number of aliphatic hydroxyl groups is 5. The normalized spacial score (nSPS) is 20.3. The minimum atomic E-state index is -1.57. The number of nitrogens with one attached hydrogen (secondary N) is 1. The van der Waals surface area contributed by atoms with Gasteiger partial charge in [-0.25, -0.2) is 0 Å². The van der Waals surface area contributed by atoms with Crippen LogP contribution in [0.4, 0.5) is 0 Å². The van der Waals surface area contributed by atoms with Crippen molar-refractivity contribution in [3.8, 4) is 0 Å². The summed E-state index contributed by atoms with van der Waals surface area (Å²) in [4.78, 5) is 12.9. The molecule has 7 atom stereocenters. The highest BCUT2D eigenvalue weighted by Gasteiger charge is 2.44. The zero-order chi connectivity index (χ0) is 46.6. The molecule has 0 spiro atoms. The van der Waals surface area contributed by atoms with Crippen LogP contribution < -0.4 is 5.32 Å². The van der Waals surface area contributed by atoms with Crippen LogP contribution in [-0.4, -0.2) is 87.5 Å². The maximum atomic E-state index is 12.9. The summed E-state index contributed by atoms with van der Waals surface area (Å²) < 4.78 is 11.2. The fraction of sp³-hybridized carbons (Fsp3) is 0.873. The van der Waals surface area contributed by atoms with Gasteiger partial charge in [0.1, 0.15) is 24.4 Å². The average Bonchev–Trinajstić information content (AvgIpc) is 3.29. The Bertz CT molecular complexity index is 1100. The highest BCUT2D eigenvalue weighted by molar-refractivity contribution is 5.76. The lowest BCUT2D eigenvalue weighted by atomic mass is 9.99. The number of hydrogen-bond donors (Lipinski definition) is 6. The Balaban J connectivity index is 2.16. The third-order valence-electron chi connectivity index (χ3n) is 12.9. The van der Waals surface area contributed by atoms with E-state index in [0.29, 0.717) is 6.42 Å². The standard InChI is InChI=1S/C55H103NO8/c1-3-5-7-9-11-13-15-16-17-18-19-20-21-22-23-24-25-26-27-28-29-30-31-32-33-34-35-36-38-40-42-44-49(58)48(47-63-55-54(62)53(61)52(60)50(46-57)64-55)56-51(59)45-43-41-39-37-14-12-10-8-6-4-2/h8,10,35-36,42,44,48-50,52-55,57-58,60-62H,3-7,9,11-34,37-41,43,45-47H2,1-2H3,(H,56,59)/b10-8-,36-35+,44-42+. The molecule has 6 N–H and O–H groups in total. The molecule has 376 valence electrons. The minimum absolute atomic E-state index is 0.198. The maximum Gasteiger partial charge on any atom is 0.220 e. The van der Waals surface area contributed by atoms with Gasteiger partial charge in [-0.15, -0.1) is 0 Å². The van der Waals surface area contributed by atoms with E-state index in [1.165, 1.54) is 167 Å². The van der Waals surface area contributed by atoms with Gasteiger partial charge in [0.2, 0.25) is 5.91 Å². The molecule has 1 saturated heterocycles. The van der Waals surface area contributed by atoms with Crippen LogP contribution >= 0.6 is 0 Å². The molecule has 1 amide bonds. The molecular weight excluding hydrogens is 803 g/mol. The van der Waals surface area contributed by atoms with Crippen LogP contribution in [0.2, 0.25) is 0 Å². The molecule has 0 radical (unpaired) electrons. The molecule has 9 nitrogen and oxygen atoms in total. The molecule has 1 fully saturated rings. The second kappa shape index (κ2) is 45.2. The topological polar surface area (TPSA) is 149 Å². The average molecular weight is 906 g/mol. The monoisotopic (exact) mass is 906 g/mol.